The molecule has 9 heteroatoms. The van der Waals surface area contributed by atoms with Crippen LogP contribution in [0.25, 0.3) is 17.2 Å². The Morgan fingerprint density at radius 2 is 1.66 bits per heavy atom. The molecule has 1 aliphatic carbocycles. The second-order valence-corrected chi connectivity index (χ2v) is 10.1. The summed E-state index contributed by atoms with van der Waals surface area (Å²) in [6, 6.07) is 17.9. The van der Waals surface area contributed by atoms with Crippen molar-refractivity contribution in [1.29, 1.82) is 0 Å². The molecule has 1 saturated heterocycles. The molecule has 0 saturated carbocycles. The van der Waals surface area contributed by atoms with Gasteiger partial charge in [-0.15, -0.1) is 12.4 Å². The van der Waals surface area contributed by atoms with Crippen LogP contribution in [0, 0.1) is 0 Å². The van der Waals surface area contributed by atoms with E-state index in [9.17, 15) is 32.3 Å². The number of rotatable bonds is 6. The van der Waals surface area contributed by atoms with Crippen LogP contribution in [-0.2, 0) is 17.4 Å². The molecule has 0 atom stereocenters. The number of halogens is 5. The van der Waals surface area contributed by atoms with Crippen LogP contribution in [0.5, 0.6) is 0 Å². The second kappa shape index (κ2) is 12.3. The van der Waals surface area contributed by atoms with Crippen molar-refractivity contribution in [2.75, 3.05) is 19.8 Å². The van der Waals surface area contributed by atoms with Gasteiger partial charge in [-0.3, -0.25) is 9.18 Å². The van der Waals surface area contributed by atoms with Gasteiger partial charge in [0.25, 0.3) is 0 Å². The minimum absolute atomic E-state index is 0. The van der Waals surface area contributed by atoms with E-state index in [-0.39, 0.29) is 30.3 Å². The van der Waals surface area contributed by atoms with Crippen molar-refractivity contribution < 1.29 is 32.3 Å². The van der Waals surface area contributed by atoms with Crippen LogP contribution >= 0.6 is 12.4 Å². The maximum Gasteiger partial charge on any atom is 0.416 e. The van der Waals surface area contributed by atoms with Gasteiger partial charge in [-0.05, 0) is 88.1 Å². The first kappa shape index (κ1) is 30.1. The van der Waals surface area contributed by atoms with Crippen molar-refractivity contribution in [3.63, 3.8) is 0 Å². The van der Waals surface area contributed by atoms with E-state index >= 15 is 0 Å². The Hall–Kier alpha value is -3.91. The van der Waals surface area contributed by atoms with Crippen LogP contribution in [0.3, 0.4) is 0 Å². The molecule has 214 valence electrons. The van der Waals surface area contributed by atoms with E-state index in [2.05, 4.69) is 0 Å². The number of allylic oxidation sites excluding steroid dienone is 1. The van der Waals surface area contributed by atoms with Crippen LogP contribution < -0.4 is 0 Å². The zero-order valence-electron chi connectivity index (χ0n) is 22.0. The number of carbonyl (C=O) groups is 2. The summed E-state index contributed by atoms with van der Waals surface area (Å²) in [5.41, 5.74) is 5.92. The number of carboxylic acid groups (broad SMARTS) is 1. The second-order valence-electron chi connectivity index (χ2n) is 10.1. The van der Waals surface area contributed by atoms with Gasteiger partial charge >= 0.3 is 12.1 Å². The van der Waals surface area contributed by atoms with Crippen molar-refractivity contribution >= 4 is 41.5 Å². The molecule has 1 fully saturated rings. The van der Waals surface area contributed by atoms with Crippen LogP contribution in [0.1, 0.15) is 63.0 Å². The number of benzene rings is 3. The molecule has 0 unspecified atom stereocenters. The molecule has 0 bridgehead atoms. The Kier molecular flexibility index (Phi) is 9.02. The van der Waals surface area contributed by atoms with E-state index in [4.69, 9.17) is 0 Å². The summed E-state index contributed by atoms with van der Waals surface area (Å²) in [5.74, 6) is -1.24. The normalized spacial score (nSPS) is 14.9. The molecular formula is C32H28ClF4NO3. The third-order valence-corrected chi connectivity index (χ3v) is 7.35. The zero-order valence-corrected chi connectivity index (χ0v) is 22.8. The van der Waals surface area contributed by atoms with Gasteiger partial charge in [0.2, 0.25) is 5.91 Å². The summed E-state index contributed by atoms with van der Waals surface area (Å²) in [5, 5.41) is 9.52. The predicted octanol–water partition coefficient (Wildman–Crippen LogP) is 7.71. The number of alkyl halides is 4. The molecule has 1 aliphatic heterocycles. The molecule has 1 N–H and O–H groups in total. The summed E-state index contributed by atoms with van der Waals surface area (Å²) in [6.45, 7) is 0.254. The zero-order chi connectivity index (χ0) is 28.4. The number of amides is 1. The number of likely N-dealkylation sites (tertiary alicyclic amines) is 1. The fraction of sp³-hybridized carbons (Fsp3) is 0.250. The Labute approximate surface area is 241 Å². The van der Waals surface area contributed by atoms with Gasteiger partial charge in [0.1, 0.15) is 0 Å². The highest BCUT2D eigenvalue weighted by Gasteiger charge is 2.31. The van der Waals surface area contributed by atoms with Gasteiger partial charge in [0, 0.05) is 13.1 Å². The van der Waals surface area contributed by atoms with Crippen molar-refractivity contribution in [1.82, 2.24) is 4.90 Å². The van der Waals surface area contributed by atoms with Crippen LogP contribution in [-0.4, -0.2) is 41.6 Å². The standard InChI is InChI=1S/C32H27F4NO3.ClH/c33-14-13-29(38)37-18-21(19-37)15-20-7-9-22(10-8-20)30-27(24-3-1-5-26(17-24)32(34,35)36)6-2-4-23-16-25(31(39)40)11-12-28(23)30;/h1,3,5,7-12,15-17H,2,4,6,13-14,18-19H2,(H,39,40);1H. The van der Waals surface area contributed by atoms with E-state index < -0.39 is 24.4 Å². The number of fused-ring (bicyclic) bond motifs is 1. The van der Waals surface area contributed by atoms with Crippen molar-refractivity contribution in [3.8, 4) is 0 Å². The molecule has 3 aromatic carbocycles. The maximum atomic E-state index is 13.6. The summed E-state index contributed by atoms with van der Waals surface area (Å²) >= 11 is 0. The average molecular weight is 586 g/mol. The highest BCUT2D eigenvalue weighted by atomic mass is 35.5. The first-order chi connectivity index (χ1) is 19.1. The average Bonchev–Trinajstić information content (AvgIpc) is 3.09. The highest BCUT2D eigenvalue weighted by Crippen LogP contribution is 2.41. The Bertz CT molecular complexity index is 1520. The lowest BCUT2D eigenvalue weighted by atomic mass is 9.86. The fourth-order valence-electron chi connectivity index (χ4n) is 5.35. The number of nitrogens with zero attached hydrogens (tertiary/aromatic N) is 1. The van der Waals surface area contributed by atoms with Gasteiger partial charge in [-0.2, -0.15) is 13.2 Å². The van der Waals surface area contributed by atoms with Crippen LogP contribution in [0.2, 0.25) is 0 Å². The van der Waals surface area contributed by atoms with Crippen molar-refractivity contribution in [2.24, 2.45) is 0 Å². The van der Waals surface area contributed by atoms with Gasteiger partial charge < -0.3 is 10.0 Å². The monoisotopic (exact) mass is 585 g/mol. The van der Waals surface area contributed by atoms with E-state index in [0.717, 1.165) is 45.0 Å². The molecular weight excluding hydrogens is 558 g/mol. The lowest BCUT2D eigenvalue weighted by Crippen LogP contribution is -2.44. The molecule has 4 nitrogen and oxygen atoms in total. The lowest BCUT2D eigenvalue weighted by molar-refractivity contribution is -0.137. The summed E-state index contributed by atoms with van der Waals surface area (Å²) in [6.07, 6.45) is -0.816. The molecule has 5 rings (SSSR count). The largest absolute Gasteiger partial charge is 0.478 e. The van der Waals surface area contributed by atoms with Crippen molar-refractivity contribution in [2.45, 2.75) is 31.9 Å². The van der Waals surface area contributed by atoms with Crippen molar-refractivity contribution in [3.05, 3.63) is 111 Å². The topological polar surface area (TPSA) is 57.6 Å². The molecule has 0 radical (unpaired) electrons. The number of hydrogen-bond acceptors (Lipinski definition) is 2. The molecule has 0 aromatic heterocycles. The number of hydrogen-bond donors (Lipinski definition) is 1. The quantitative estimate of drug-likeness (QED) is 0.302. The number of aromatic carboxylic acids is 1. The minimum atomic E-state index is -4.47. The Morgan fingerprint density at radius 3 is 2.32 bits per heavy atom. The first-order valence-electron chi connectivity index (χ1n) is 13.0. The molecule has 1 amide bonds. The predicted molar refractivity (Wildman–Crippen MR) is 153 cm³/mol. The van der Waals surface area contributed by atoms with Crippen LogP contribution in [0.4, 0.5) is 17.6 Å². The lowest BCUT2D eigenvalue weighted by Gasteiger charge is -2.34. The van der Waals surface area contributed by atoms with E-state index in [1.165, 1.54) is 18.2 Å². The molecule has 2 aliphatic rings. The maximum absolute atomic E-state index is 13.6. The molecule has 0 spiro atoms. The van der Waals surface area contributed by atoms with E-state index in [1.54, 1.807) is 23.1 Å². The Morgan fingerprint density at radius 1 is 0.927 bits per heavy atom. The van der Waals surface area contributed by atoms with Gasteiger partial charge in [0.05, 0.1) is 24.2 Å². The molecule has 3 aromatic rings. The molecule has 41 heavy (non-hydrogen) atoms. The van der Waals surface area contributed by atoms with E-state index in [0.29, 0.717) is 37.9 Å². The smallest absolute Gasteiger partial charge is 0.416 e. The number of carbonyl (C=O) groups excluding carboxylic acids is 1. The Balaban J connectivity index is 0.00000387. The third-order valence-electron chi connectivity index (χ3n) is 7.35. The van der Waals surface area contributed by atoms with Crippen LogP contribution in [0.15, 0.2) is 72.3 Å². The first-order valence-corrected chi connectivity index (χ1v) is 13.0. The fourth-order valence-corrected chi connectivity index (χ4v) is 5.35. The molecule has 1 heterocycles. The van der Waals surface area contributed by atoms with E-state index in [1.807, 2.05) is 30.3 Å². The van der Waals surface area contributed by atoms with Gasteiger partial charge in [-0.1, -0.05) is 48.5 Å². The third kappa shape index (κ3) is 6.54. The number of aryl methyl sites for hydroxylation is 1. The highest BCUT2D eigenvalue weighted by molar-refractivity contribution is 6.01. The summed E-state index contributed by atoms with van der Waals surface area (Å²) in [4.78, 5) is 25.0. The minimum Gasteiger partial charge on any atom is -0.478 e. The summed E-state index contributed by atoms with van der Waals surface area (Å²) < 4.78 is 53.1. The van der Waals surface area contributed by atoms with Gasteiger partial charge in [-0.25, -0.2) is 4.79 Å². The summed E-state index contributed by atoms with van der Waals surface area (Å²) in [7, 11) is 0. The number of carboxylic acids is 1. The SMILES string of the molecule is Cl.O=C(O)c1ccc2c(c1)CCCC(c1cccc(C(F)(F)F)c1)=C2c1ccc(C=C2CN(C(=O)CCF)C2)cc1. The van der Waals surface area contributed by atoms with Gasteiger partial charge in [0.15, 0.2) is 0 Å².